The Hall–Kier alpha value is -1.38. The molecule has 8 heteroatoms. The van der Waals surface area contributed by atoms with Gasteiger partial charge in [0.1, 0.15) is 5.76 Å². The predicted molar refractivity (Wildman–Crippen MR) is 68.8 cm³/mol. The van der Waals surface area contributed by atoms with Crippen LogP contribution >= 0.6 is 0 Å². The van der Waals surface area contributed by atoms with Gasteiger partial charge in [0.05, 0.1) is 0 Å². The molecule has 1 N–H and O–H groups in total. The van der Waals surface area contributed by atoms with Crippen molar-refractivity contribution >= 4 is 16.0 Å². The van der Waals surface area contributed by atoms with Gasteiger partial charge in [-0.05, 0) is 12.1 Å². The molecule has 1 aliphatic rings. The molecule has 2 heterocycles. The maximum atomic E-state index is 12.2. The first-order chi connectivity index (χ1) is 9.40. The Morgan fingerprint density at radius 3 is 2.65 bits per heavy atom. The van der Waals surface area contributed by atoms with Crippen molar-refractivity contribution < 1.29 is 27.5 Å². The molecule has 0 saturated carbocycles. The minimum absolute atomic E-state index is 0.0999. The highest BCUT2D eigenvalue weighted by Crippen LogP contribution is 2.29. The summed E-state index contributed by atoms with van der Waals surface area (Å²) >= 11 is 0. The lowest BCUT2D eigenvalue weighted by Gasteiger charge is -2.39. The van der Waals surface area contributed by atoms with Crippen LogP contribution in [0.1, 0.15) is 12.7 Å². The fourth-order valence-corrected chi connectivity index (χ4v) is 3.65. The quantitative estimate of drug-likeness (QED) is 0.825. The molecule has 2 rings (SSSR count). The Bertz CT molecular complexity index is 587. The molecule has 0 aliphatic carbocycles. The molecule has 1 aromatic heterocycles. The molecule has 0 bridgehead atoms. The van der Waals surface area contributed by atoms with Crippen LogP contribution in [-0.4, -0.2) is 50.1 Å². The molecule has 1 atom stereocenters. The molecular formula is C12H17NO6S. The number of rotatable bonds is 6. The third kappa shape index (κ3) is 2.58. The second-order valence-corrected chi connectivity index (χ2v) is 6.52. The number of carboxylic acid groups (broad SMARTS) is 1. The van der Waals surface area contributed by atoms with Gasteiger partial charge in [-0.2, -0.15) is 4.31 Å². The lowest BCUT2D eigenvalue weighted by atomic mass is 9.96. The lowest BCUT2D eigenvalue weighted by molar-refractivity contribution is -0.154. The summed E-state index contributed by atoms with van der Waals surface area (Å²) < 4.78 is 35.7. The molecule has 1 saturated heterocycles. The van der Waals surface area contributed by atoms with Crippen molar-refractivity contribution in [3.8, 4) is 0 Å². The first-order valence-electron chi connectivity index (χ1n) is 6.24. The standard InChI is InChI=1S/C12H17NO6S/c1-3-9-4-5-10(19-9)20(16,17)13-6-8(7-13)11(18-2)12(14)15/h4-5,8,11H,3,6-7H2,1-2H3,(H,14,15). The van der Waals surface area contributed by atoms with E-state index in [1.165, 1.54) is 17.5 Å². The SMILES string of the molecule is CCc1ccc(S(=O)(=O)N2CC(C(OC)C(=O)O)C2)o1. The largest absolute Gasteiger partial charge is 0.479 e. The molecule has 0 radical (unpaired) electrons. The van der Waals surface area contributed by atoms with Gasteiger partial charge in [-0.3, -0.25) is 0 Å². The first-order valence-corrected chi connectivity index (χ1v) is 7.68. The van der Waals surface area contributed by atoms with Gasteiger partial charge in [0, 0.05) is 32.5 Å². The van der Waals surface area contributed by atoms with Crippen molar-refractivity contribution in [3.63, 3.8) is 0 Å². The fraction of sp³-hybridized carbons (Fsp3) is 0.583. The van der Waals surface area contributed by atoms with Crippen molar-refractivity contribution in [1.82, 2.24) is 4.31 Å². The predicted octanol–water partition coefficient (Wildman–Crippen LogP) is 0.562. The van der Waals surface area contributed by atoms with Crippen LogP contribution in [-0.2, 0) is 26.0 Å². The number of hydrogen-bond acceptors (Lipinski definition) is 5. The smallest absolute Gasteiger partial charge is 0.333 e. The van der Waals surface area contributed by atoms with E-state index in [0.29, 0.717) is 12.2 Å². The van der Waals surface area contributed by atoms with E-state index < -0.39 is 22.1 Å². The Morgan fingerprint density at radius 1 is 1.55 bits per heavy atom. The number of aliphatic carboxylic acids is 1. The average molecular weight is 303 g/mol. The number of nitrogens with zero attached hydrogens (tertiary/aromatic N) is 1. The summed E-state index contributed by atoms with van der Waals surface area (Å²) in [6.07, 6.45) is -0.368. The van der Waals surface area contributed by atoms with Crippen molar-refractivity contribution in [1.29, 1.82) is 0 Å². The van der Waals surface area contributed by atoms with Gasteiger partial charge in [-0.25, -0.2) is 13.2 Å². The highest BCUT2D eigenvalue weighted by Gasteiger charge is 2.44. The van der Waals surface area contributed by atoms with Gasteiger partial charge < -0.3 is 14.3 Å². The zero-order valence-corrected chi connectivity index (χ0v) is 12.1. The van der Waals surface area contributed by atoms with E-state index in [1.807, 2.05) is 6.92 Å². The third-order valence-corrected chi connectivity index (χ3v) is 5.09. The minimum Gasteiger partial charge on any atom is -0.479 e. The molecule has 1 aliphatic heterocycles. The second-order valence-electron chi connectivity index (χ2n) is 4.65. The molecule has 7 nitrogen and oxygen atoms in total. The van der Waals surface area contributed by atoms with E-state index >= 15 is 0 Å². The van der Waals surface area contributed by atoms with Gasteiger partial charge >= 0.3 is 5.97 Å². The van der Waals surface area contributed by atoms with Crippen LogP contribution in [0.5, 0.6) is 0 Å². The topological polar surface area (TPSA) is 97.0 Å². The molecule has 1 fully saturated rings. The summed E-state index contributed by atoms with van der Waals surface area (Å²) in [7, 11) is -2.37. The molecular weight excluding hydrogens is 286 g/mol. The fourth-order valence-electron chi connectivity index (χ4n) is 2.17. The number of methoxy groups -OCH3 is 1. The van der Waals surface area contributed by atoms with E-state index in [2.05, 4.69) is 0 Å². The van der Waals surface area contributed by atoms with Crippen LogP contribution in [0.4, 0.5) is 0 Å². The summed E-state index contributed by atoms with van der Waals surface area (Å²) in [5.41, 5.74) is 0. The molecule has 0 spiro atoms. The normalized spacial score (nSPS) is 18.7. The van der Waals surface area contributed by atoms with Gasteiger partial charge in [0.15, 0.2) is 6.10 Å². The van der Waals surface area contributed by atoms with Crippen LogP contribution in [0.2, 0.25) is 0 Å². The molecule has 0 aromatic carbocycles. The molecule has 1 unspecified atom stereocenters. The maximum Gasteiger partial charge on any atom is 0.333 e. The average Bonchev–Trinajstić information content (AvgIpc) is 2.81. The highest BCUT2D eigenvalue weighted by atomic mass is 32.2. The Morgan fingerprint density at radius 2 is 2.20 bits per heavy atom. The van der Waals surface area contributed by atoms with Crippen LogP contribution < -0.4 is 0 Å². The van der Waals surface area contributed by atoms with Gasteiger partial charge in [0.2, 0.25) is 5.09 Å². The number of carboxylic acids is 1. The van der Waals surface area contributed by atoms with E-state index in [1.54, 1.807) is 6.07 Å². The number of furan rings is 1. The van der Waals surface area contributed by atoms with Gasteiger partial charge in [-0.15, -0.1) is 0 Å². The van der Waals surface area contributed by atoms with Crippen LogP contribution in [0, 0.1) is 5.92 Å². The Balaban J connectivity index is 2.06. The van der Waals surface area contributed by atoms with Crippen molar-refractivity contribution in [2.24, 2.45) is 5.92 Å². The number of hydrogen-bond donors (Lipinski definition) is 1. The van der Waals surface area contributed by atoms with Gasteiger partial charge in [0.25, 0.3) is 10.0 Å². The van der Waals surface area contributed by atoms with Crippen molar-refractivity contribution in [3.05, 3.63) is 17.9 Å². The monoisotopic (exact) mass is 303 g/mol. The summed E-state index contributed by atoms with van der Waals surface area (Å²) in [6.45, 7) is 2.11. The maximum absolute atomic E-state index is 12.2. The van der Waals surface area contributed by atoms with E-state index in [-0.39, 0.29) is 24.1 Å². The summed E-state index contributed by atoms with van der Waals surface area (Å²) in [5, 5.41) is 8.84. The van der Waals surface area contributed by atoms with Gasteiger partial charge in [-0.1, -0.05) is 6.92 Å². The zero-order chi connectivity index (χ0) is 14.9. The summed E-state index contributed by atoms with van der Waals surface area (Å²) in [4.78, 5) is 10.9. The third-order valence-electron chi connectivity index (χ3n) is 3.38. The Kier molecular flexibility index (Phi) is 4.17. The van der Waals surface area contributed by atoms with Crippen molar-refractivity contribution in [2.45, 2.75) is 24.5 Å². The zero-order valence-electron chi connectivity index (χ0n) is 11.3. The number of ether oxygens (including phenoxy) is 1. The first kappa shape index (κ1) is 15.0. The van der Waals surface area contributed by atoms with Crippen LogP contribution in [0.3, 0.4) is 0 Å². The van der Waals surface area contributed by atoms with Crippen molar-refractivity contribution in [2.75, 3.05) is 20.2 Å². The summed E-state index contributed by atoms with van der Waals surface area (Å²) in [6, 6.07) is 3.05. The van der Waals surface area contributed by atoms with Crippen LogP contribution in [0.25, 0.3) is 0 Å². The van der Waals surface area contributed by atoms with E-state index in [0.717, 1.165) is 0 Å². The minimum atomic E-state index is -3.67. The summed E-state index contributed by atoms with van der Waals surface area (Å²) in [5.74, 6) is -0.824. The molecule has 20 heavy (non-hydrogen) atoms. The number of sulfonamides is 1. The van der Waals surface area contributed by atoms with Crippen LogP contribution in [0.15, 0.2) is 21.6 Å². The van der Waals surface area contributed by atoms with E-state index in [4.69, 9.17) is 14.3 Å². The molecule has 112 valence electrons. The van der Waals surface area contributed by atoms with E-state index in [9.17, 15) is 13.2 Å². The molecule has 0 amide bonds. The second kappa shape index (κ2) is 5.55. The highest BCUT2D eigenvalue weighted by molar-refractivity contribution is 7.89. The number of carbonyl (C=O) groups is 1. The number of aryl methyl sites for hydroxylation is 1. The Labute approximate surface area is 117 Å². The lowest BCUT2D eigenvalue weighted by Crippen LogP contribution is -2.56. The molecule has 1 aromatic rings.